The van der Waals surface area contributed by atoms with Gasteiger partial charge in [-0.15, -0.1) is 0 Å². The molecule has 2 unspecified atom stereocenters. The fourth-order valence-corrected chi connectivity index (χ4v) is 2.01. The molecule has 1 fully saturated rings. The van der Waals surface area contributed by atoms with Crippen LogP contribution in [0.5, 0.6) is 0 Å². The second-order valence-corrected chi connectivity index (χ2v) is 3.71. The number of rotatable bonds is 3. The fraction of sp³-hybridized carbons (Fsp3) is 0.889. The van der Waals surface area contributed by atoms with Crippen LogP contribution in [0, 0.1) is 0 Å². The lowest BCUT2D eigenvalue weighted by atomic mass is 9.90. The molecule has 3 heteroatoms. The van der Waals surface area contributed by atoms with Gasteiger partial charge in [0.2, 0.25) is 6.41 Å². The predicted octanol–water partition coefficient (Wildman–Crippen LogP) is 0.605. The number of likely N-dealkylation sites (N-methyl/N-ethyl adjacent to an activating group) is 1. The lowest BCUT2D eigenvalue weighted by Crippen LogP contribution is -2.48. The van der Waals surface area contributed by atoms with Crippen LogP contribution >= 0.6 is 0 Å². The third-order valence-corrected chi connectivity index (χ3v) is 2.67. The Kier molecular flexibility index (Phi) is 3.53. The molecule has 1 aliphatic carbocycles. The molecule has 0 saturated heterocycles. The molecule has 1 saturated carbocycles. The molecule has 0 heterocycles. The van der Waals surface area contributed by atoms with Crippen LogP contribution < -0.4 is 5.32 Å². The van der Waals surface area contributed by atoms with Gasteiger partial charge in [0.1, 0.15) is 0 Å². The van der Waals surface area contributed by atoms with E-state index in [1.165, 1.54) is 19.3 Å². The lowest BCUT2D eigenvalue weighted by molar-refractivity contribution is -0.110. The van der Waals surface area contributed by atoms with Crippen molar-refractivity contribution in [2.24, 2.45) is 0 Å². The maximum absolute atomic E-state index is 10.3. The molecule has 0 aromatic carbocycles. The highest BCUT2D eigenvalue weighted by molar-refractivity contribution is 5.46. The normalized spacial score (nSPS) is 30.2. The van der Waals surface area contributed by atoms with Gasteiger partial charge in [-0.25, -0.2) is 0 Å². The Morgan fingerprint density at radius 2 is 2.00 bits per heavy atom. The molecule has 1 aliphatic rings. The highest BCUT2D eigenvalue weighted by atomic mass is 16.1. The fourth-order valence-electron chi connectivity index (χ4n) is 2.01. The Morgan fingerprint density at radius 3 is 2.58 bits per heavy atom. The summed E-state index contributed by atoms with van der Waals surface area (Å²) in [7, 11) is 4.16. The standard InChI is InChI=1S/C9H18N2O/c1-11(2)9-6-4-3-5-8(9)10-7-12/h7-9H,3-6H2,1-2H3,(H,10,12). The van der Waals surface area contributed by atoms with Gasteiger partial charge in [-0.1, -0.05) is 12.8 Å². The molecule has 3 nitrogen and oxygen atoms in total. The van der Waals surface area contributed by atoms with Gasteiger partial charge in [0.25, 0.3) is 0 Å². The van der Waals surface area contributed by atoms with Gasteiger partial charge in [0, 0.05) is 12.1 Å². The summed E-state index contributed by atoms with van der Waals surface area (Å²) < 4.78 is 0. The van der Waals surface area contributed by atoms with Crippen LogP contribution in [-0.4, -0.2) is 37.5 Å². The van der Waals surface area contributed by atoms with Crippen molar-refractivity contribution in [1.29, 1.82) is 0 Å². The van der Waals surface area contributed by atoms with Crippen molar-refractivity contribution in [2.45, 2.75) is 37.8 Å². The smallest absolute Gasteiger partial charge is 0.207 e. The van der Waals surface area contributed by atoms with Crippen LogP contribution in [0.4, 0.5) is 0 Å². The first-order valence-corrected chi connectivity index (χ1v) is 4.62. The highest BCUT2D eigenvalue weighted by Crippen LogP contribution is 2.21. The van der Waals surface area contributed by atoms with E-state index < -0.39 is 0 Å². The van der Waals surface area contributed by atoms with Gasteiger partial charge >= 0.3 is 0 Å². The van der Waals surface area contributed by atoms with Crippen molar-refractivity contribution in [3.63, 3.8) is 0 Å². The molecular weight excluding hydrogens is 152 g/mol. The number of carbonyl (C=O) groups excluding carboxylic acids is 1. The Labute approximate surface area is 74.1 Å². The third-order valence-electron chi connectivity index (χ3n) is 2.67. The number of hydrogen-bond donors (Lipinski definition) is 1. The quantitative estimate of drug-likeness (QED) is 0.629. The Bertz CT molecular complexity index is 147. The molecule has 1 N–H and O–H groups in total. The topological polar surface area (TPSA) is 32.3 Å². The van der Waals surface area contributed by atoms with Crippen LogP contribution in [-0.2, 0) is 4.79 Å². The van der Waals surface area contributed by atoms with Crippen molar-refractivity contribution < 1.29 is 4.79 Å². The van der Waals surface area contributed by atoms with Crippen LogP contribution in [0.3, 0.4) is 0 Å². The average molecular weight is 170 g/mol. The van der Waals surface area contributed by atoms with E-state index in [9.17, 15) is 4.79 Å². The zero-order valence-electron chi connectivity index (χ0n) is 7.92. The van der Waals surface area contributed by atoms with Gasteiger partial charge < -0.3 is 10.2 Å². The Balaban J connectivity index is 2.47. The summed E-state index contributed by atoms with van der Waals surface area (Å²) in [6, 6.07) is 0.898. The van der Waals surface area contributed by atoms with Crippen molar-refractivity contribution in [2.75, 3.05) is 14.1 Å². The Morgan fingerprint density at radius 1 is 1.33 bits per heavy atom. The Hall–Kier alpha value is -0.570. The highest BCUT2D eigenvalue weighted by Gasteiger charge is 2.25. The molecule has 1 rings (SSSR count). The number of carbonyl (C=O) groups is 1. The first-order chi connectivity index (χ1) is 5.75. The third kappa shape index (κ3) is 2.21. The van der Waals surface area contributed by atoms with Crippen LogP contribution in [0.2, 0.25) is 0 Å². The molecule has 70 valence electrons. The number of amides is 1. The molecule has 0 aromatic heterocycles. The lowest BCUT2D eigenvalue weighted by Gasteiger charge is -2.35. The van der Waals surface area contributed by atoms with Crippen molar-refractivity contribution in [1.82, 2.24) is 10.2 Å². The van der Waals surface area contributed by atoms with Crippen LogP contribution in [0.25, 0.3) is 0 Å². The van der Waals surface area contributed by atoms with Gasteiger partial charge in [-0.2, -0.15) is 0 Å². The van der Waals surface area contributed by atoms with Crippen molar-refractivity contribution >= 4 is 6.41 Å². The van der Waals surface area contributed by atoms with E-state index in [0.717, 1.165) is 12.8 Å². The van der Waals surface area contributed by atoms with Gasteiger partial charge in [0.15, 0.2) is 0 Å². The maximum atomic E-state index is 10.3. The zero-order chi connectivity index (χ0) is 8.97. The maximum Gasteiger partial charge on any atom is 0.207 e. The molecular formula is C9H18N2O. The minimum absolute atomic E-state index is 0.367. The molecule has 0 bridgehead atoms. The van der Waals surface area contributed by atoms with E-state index in [1.54, 1.807) is 0 Å². The van der Waals surface area contributed by atoms with E-state index in [2.05, 4.69) is 24.3 Å². The summed E-state index contributed by atoms with van der Waals surface area (Å²) in [5, 5.41) is 2.89. The average Bonchev–Trinajstić information content (AvgIpc) is 2.05. The van der Waals surface area contributed by atoms with Crippen LogP contribution in [0.1, 0.15) is 25.7 Å². The van der Waals surface area contributed by atoms with Crippen molar-refractivity contribution in [3.05, 3.63) is 0 Å². The molecule has 12 heavy (non-hydrogen) atoms. The molecule has 1 amide bonds. The van der Waals surface area contributed by atoms with Gasteiger partial charge in [-0.05, 0) is 26.9 Å². The predicted molar refractivity (Wildman–Crippen MR) is 48.9 cm³/mol. The molecule has 0 aliphatic heterocycles. The number of nitrogens with zero attached hydrogens (tertiary/aromatic N) is 1. The second kappa shape index (κ2) is 4.45. The van der Waals surface area contributed by atoms with Crippen molar-refractivity contribution in [3.8, 4) is 0 Å². The van der Waals surface area contributed by atoms with Gasteiger partial charge in [0.05, 0.1) is 0 Å². The summed E-state index contributed by atoms with van der Waals surface area (Å²) in [6.45, 7) is 0. The molecule has 2 atom stereocenters. The second-order valence-electron chi connectivity index (χ2n) is 3.71. The summed E-state index contributed by atoms with van der Waals surface area (Å²) >= 11 is 0. The van der Waals surface area contributed by atoms with E-state index in [-0.39, 0.29) is 0 Å². The summed E-state index contributed by atoms with van der Waals surface area (Å²) in [6.07, 6.45) is 5.70. The zero-order valence-corrected chi connectivity index (χ0v) is 7.92. The number of hydrogen-bond acceptors (Lipinski definition) is 2. The SMILES string of the molecule is CN(C)C1CCCCC1NC=O. The number of nitrogens with one attached hydrogen (secondary N) is 1. The van der Waals surface area contributed by atoms with E-state index >= 15 is 0 Å². The summed E-state index contributed by atoms with van der Waals surface area (Å²) in [5.41, 5.74) is 0. The van der Waals surface area contributed by atoms with E-state index in [1.807, 2.05) is 0 Å². The molecule has 0 spiro atoms. The van der Waals surface area contributed by atoms with Crippen LogP contribution in [0.15, 0.2) is 0 Å². The van der Waals surface area contributed by atoms with Gasteiger partial charge in [-0.3, -0.25) is 4.79 Å². The monoisotopic (exact) mass is 170 g/mol. The summed E-state index contributed by atoms with van der Waals surface area (Å²) in [5.74, 6) is 0. The first kappa shape index (κ1) is 9.52. The molecule has 0 aromatic rings. The minimum atomic E-state index is 0.367. The minimum Gasteiger partial charge on any atom is -0.354 e. The molecule has 0 radical (unpaired) electrons. The largest absolute Gasteiger partial charge is 0.354 e. The van der Waals surface area contributed by atoms with E-state index in [4.69, 9.17) is 0 Å². The first-order valence-electron chi connectivity index (χ1n) is 4.62. The summed E-state index contributed by atoms with van der Waals surface area (Å²) in [4.78, 5) is 12.5. The van der Waals surface area contributed by atoms with E-state index in [0.29, 0.717) is 12.1 Å².